The molecule has 0 bridgehead atoms. The highest BCUT2D eigenvalue weighted by atomic mass is 19.1. The molecule has 0 atom stereocenters. The molecule has 1 heterocycles. The van der Waals surface area contributed by atoms with Crippen LogP contribution in [0.15, 0.2) is 18.2 Å². The van der Waals surface area contributed by atoms with Gasteiger partial charge in [-0.25, -0.2) is 4.39 Å². The Morgan fingerprint density at radius 2 is 1.81 bits per heavy atom. The molecule has 1 fully saturated rings. The maximum absolute atomic E-state index is 13.8. The zero-order valence-electron chi connectivity index (χ0n) is 12.6. The minimum Gasteiger partial charge on any atom is -0.341 e. The molecule has 0 aliphatic carbocycles. The van der Waals surface area contributed by atoms with Crippen LogP contribution in [0, 0.1) is 12.7 Å². The minimum absolute atomic E-state index is 0.103. The monoisotopic (exact) mass is 292 g/mol. The third kappa shape index (κ3) is 3.60. The van der Waals surface area contributed by atoms with Crippen LogP contribution < -0.4 is 0 Å². The number of nitrogens with zero attached hydrogens (tertiary/aromatic N) is 2. The van der Waals surface area contributed by atoms with Crippen molar-refractivity contribution in [3.05, 3.63) is 35.1 Å². The first kappa shape index (κ1) is 15.5. The standard InChI is InChI=1S/C16H21FN2O2/c1-3-15(20)18-7-4-8-19(10-9-18)16(21)13-11-12(2)5-6-14(13)17/h5-6,11H,3-4,7-10H2,1-2H3. The van der Waals surface area contributed by atoms with Gasteiger partial charge in [0.1, 0.15) is 5.82 Å². The summed E-state index contributed by atoms with van der Waals surface area (Å²) in [4.78, 5) is 27.6. The second-order valence-corrected chi connectivity index (χ2v) is 5.36. The molecule has 1 saturated heterocycles. The van der Waals surface area contributed by atoms with Gasteiger partial charge in [-0.1, -0.05) is 18.6 Å². The molecule has 4 nitrogen and oxygen atoms in total. The number of carbonyl (C=O) groups is 2. The fourth-order valence-electron chi connectivity index (χ4n) is 2.57. The van der Waals surface area contributed by atoms with Crippen LogP contribution >= 0.6 is 0 Å². The van der Waals surface area contributed by atoms with E-state index < -0.39 is 5.82 Å². The van der Waals surface area contributed by atoms with Crippen molar-refractivity contribution in [1.29, 1.82) is 0 Å². The van der Waals surface area contributed by atoms with E-state index in [4.69, 9.17) is 0 Å². The summed E-state index contributed by atoms with van der Waals surface area (Å²) in [7, 11) is 0. The molecule has 2 amide bonds. The number of aryl methyl sites for hydroxylation is 1. The molecule has 2 rings (SSSR count). The molecular formula is C16H21FN2O2. The van der Waals surface area contributed by atoms with E-state index in [-0.39, 0.29) is 17.4 Å². The summed E-state index contributed by atoms with van der Waals surface area (Å²) >= 11 is 0. The lowest BCUT2D eigenvalue weighted by molar-refractivity contribution is -0.130. The SMILES string of the molecule is CCC(=O)N1CCCN(C(=O)c2cc(C)ccc2F)CC1. The number of rotatable bonds is 2. The summed E-state index contributed by atoms with van der Waals surface area (Å²) in [5.74, 6) is -0.677. The van der Waals surface area contributed by atoms with Crippen molar-refractivity contribution in [3.63, 3.8) is 0 Å². The molecule has 0 spiro atoms. The number of hydrogen-bond donors (Lipinski definition) is 0. The predicted octanol–water partition coefficient (Wildman–Crippen LogP) is 2.22. The Morgan fingerprint density at radius 1 is 1.14 bits per heavy atom. The fraction of sp³-hybridized carbons (Fsp3) is 0.500. The zero-order chi connectivity index (χ0) is 15.4. The lowest BCUT2D eigenvalue weighted by Crippen LogP contribution is -2.37. The zero-order valence-corrected chi connectivity index (χ0v) is 12.6. The quantitative estimate of drug-likeness (QED) is 0.838. The topological polar surface area (TPSA) is 40.6 Å². The van der Waals surface area contributed by atoms with Gasteiger partial charge >= 0.3 is 0 Å². The molecule has 1 aromatic rings. The third-order valence-corrected chi connectivity index (χ3v) is 3.79. The van der Waals surface area contributed by atoms with Crippen LogP contribution in [0.1, 0.15) is 35.7 Å². The van der Waals surface area contributed by atoms with Gasteiger partial charge in [-0.05, 0) is 25.5 Å². The van der Waals surface area contributed by atoms with Crippen molar-refractivity contribution in [3.8, 4) is 0 Å². The summed E-state index contributed by atoms with van der Waals surface area (Å²) < 4.78 is 13.8. The van der Waals surface area contributed by atoms with Crippen LogP contribution in [-0.4, -0.2) is 47.8 Å². The lowest BCUT2D eigenvalue weighted by atomic mass is 10.1. The van der Waals surface area contributed by atoms with Crippen molar-refractivity contribution in [2.45, 2.75) is 26.7 Å². The summed E-state index contributed by atoms with van der Waals surface area (Å²) in [5.41, 5.74) is 0.975. The van der Waals surface area contributed by atoms with Crippen molar-refractivity contribution < 1.29 is 14.0 Å². The highest BCUT2D eigenvalue weighted by Gasteiger charge is 2.23. The van der Waals surface area contributed by atoms with Crippen molar-refractivity contribution in [2.24, 2.45) is 0 Å². The van der Waals surface area contributed by atoms with Crippen LogP contribution in [0.2, 0.25) is 0 Å². The molecule has 1 aliphatic heterocycles. The molecule has 0 unspecified atom stereocenters. The molecule has 0 saturated carbocycles. The van der Waals surface area contributed by atoms with Crippen LogP contribution in [0.5, 0.6) is 0 Å². The molecule has 5 heteroatoms. The number of benzene rings is 1. The molecule has 0 N–H and O–H groups in total. The van der Waals surface area contributed by atoms with E-state index in [1.165, 1.54) is 6.07 Å². The van der Waals surface area contributed by atoms with Gasteiger partial charge in [0.2, 0.25) is 5.91 Å². The summed E-state index contributed by atoms with van der Waals surface area (Å²) in [6, 6.07) is 4.56. The van der Waals surface area contributed by atoms with E-state index in [1.54, 1.807) is 21.9 Å². The Balaban J connectivity index is 2.10. The van der Waals surface area contributed by atoms with Gasteiger partial charge < -0.3 is 9.80 Å². The Labute approximate surface area is 124 Å². The minimum atomic E-state index is -0.490. The van der Waals surface area contributed by atoms with Gasteiger partial charge in [0.05, 0.1) is 5.56 Å². The molecule has 21 heavy (non-hydrogen) atoms. The normalized spacial score (nSPS) is 15.8. The Hall–Kier alpha value is -1.91. The second-order valence-electron chi connectivity index (χ2n) is 5.36. The lowest BCUT2D eigenvalue weighted by Gasteiger charge is -2.22. The van der Waals surface area contributed by atoms with Gasteiger partial charge in [-0.3, -0.25) is 9.59 Å². The maximum atomic E-state index is 13.8. The van der Waals surface area contributed by atoms with E-state index in [1.807, 2.05) is 13.8 Å². The van der Waals surface area contributed by atoms with E-state index in [2.05, 4.69) is 0 Å². The smallest absolute Gasteiger partial charge is 0.256 e. The number of amides is 2. The van der Waals surface area contributed by atoms with E-state index in [9.17, 15) is 14.0 Å². The Bertz CT molecular complexity index is 545. The average molecular weight is 292 g/mol. The number of carbonyl (C=O) groups excluding carboxylic acids is 2. The van der Waals surface area contributed by atoms with Crippen LogP contribution in [-0.2, 0) is 4.79 Å². The third-order valence-electron chi connectivity index (χ3n) is 3.79. The molecule has 0 radical (unpaired) electrons. The summed E-state index contributed by atoms with van der Waals surface area (Å²) in [5, 5.41) is 0. The average Bonchev–Trinajstić information content (AvgIpc) is 2.74. The van der Waals surface area contributed by atoms with Gasteiger partial charge in [0.15, 0.2) is 0 Å². The van der Waals surface area contributed by atoms with Gasteiger partial charge in [-0.2, -0.15) is 0 Å². The van der Waals surface area contributed by atoms with E-state index in [0.717, 1.165) is 12.0 Å². The van der Waals surface area contributed by atoms with Crippen molar-refractivity contribution in [2.75, 3.05) is 26.2 Å². The summed E-state index contributed by atoms with van der Waals surface area (Å²) in [6.45, 7) is 5.86. The molecule has 1 aromatic carbocycles. The molecule has 114 valence electrons. The number of hydrogen-bond acceptors (Lipinski definition) is 2. The van der Waals surface area contributed by atoms with E-state index in [0.29, 0.717) is 32.6 Å². The first-order valence-electron chi connectivity index (χ1n) is 7.36. The fourth-order valence-corrected chi connectivity index (χ4v) is 2.57. The van der Waals surface area contributed by atoms with Gasteiger partial charge in [0, 0.05) is 32.6 Å². The Morgan fingerprint density at radius 3 is 2.52 bits per heavy atom. The first-order valence-corrected chi connectivity index (χ1v) is 7.36. The second kappa shape index (κ2) is 6.70. The van der Waals surface area contributed by atoms with Crippen LogP contribution in [0.3, 0.4) is 0 Å². The van der Waals surface area contributed by atoms with Gasteiger partial charge in [0.25, 0.3) is 5.91 Å². The number of halogens is 1. The van der Waals surface area contributed by atoms with E-state index >= 15 is 0 Å². The first-order chi connectivity index (χ1) is 10.0. The molecule has 0 aromatic heterocycles. The molecule has 1 aliphatic rings. The van der Waals surface area contributed by atoms with Crippen molar-refractivity contribution in [1.82, 2.24) is 9.80 Å². The van der Waals surface area contributed by atoms with Crippen LogP contribution in [0.4, 0.5) is 4.39 Å². The van der Waals surface area contributed by atoms with Gasteiger partial charge in [-0.15, -0.1) is 0 Å². The Kier molecular flexibility index (Phi) is 4.94. The highest BCUT2D eigenvalue weighted by molar-refractivity contribution is 5.94. The maximum Gasteiger partial charge on any atom is 0.256 e. The summed E-state index contributed by atoms with van der Waals surface area (Å²) in [6.07, 6.45) is 1.20. The highest BCUT2D eigenvalue weighted by Crippen LogP contribution is 2.15. The largest absolute Gasteiger partial charge is 0.341 e. The predicted molar refractivity (Wildman–Crippen MR) is 78.5 cm³/mol. The van der Waals surface area contributed by atoms with Crippen LogP contribution in [0.25, 0.3) is 0 Å². The van der Waals surface area contributed by atoms with Crippen molar-refractivity contribution >= 4 is 11.8 Å². The molecular weight excluding hydrogens is 271 g/mol.